The summed E-state index contributed by atoms with van der Waals surface area (Å²) < 4.78 is 22.1. The number of urea groups is 1. The van der Waals surface area contributed by atoms with Gasteiger partial charge in [-0.05, 0) is 44.5 Å². The standard InChI is InChI=1S/C23H24N2O6/c1-13(2)31-17-7-5-4-6-16(17)21-20(14(3)24-23(27)25-21)22(26)28-11-15-8-9-18-19(10-15)30-12-29-18/h4-10,13,21H,11-12H2,1-3H3,(H2,24,25,27)/t21-/m1/s1. The van der Waals surface area contributed by atoms with Gasteiger partial charge in [0.15, 0.2) is 11.5 Å². The van der Waals surface area contributed by atoms with Crippen LogP contribution in [0.25, 0.3) is 0 Å². The third-order valence-corrected chi connectivity index (χ3v) is 4.89. The van der Waals surface area contributed by atoms with Crippen LogP contribution in [-0.4, -0.2) is 24.9 Å². The Morgan fingerprint density at radius 3 is 2.74 bits per heavy atom. The van der Waals surface area contributed by atoms with E-state index in [0.717, 1.165) is 5.56 Å². The van der Waals surface area contributed by atoms with Gasteiger partial charge in [-0.15, -0.1) is 0 Å². The number of benzene rings is 2. The number of esters is 1. The second kappa shape index (κ2) is 8.59. The van der Waals surface area contributed by atoms with E-state index >= 15 is 0 Å². The fourth-order valence-corrected chi connectivity index (χ4v) is 3.54. The second-order valence-electron chi connectivity index (χ2n) is 7.54. The number of carbonyl (C=O) groups excluding carboxylic acids is 2. The highest BCUT2D eigenvalue weighted by Gasteiger charge is 2.34. The van der Waals surface area contributed by atoms with Gasteiger partial charge in [0.05, 0.1) is 17.7 Å². The smallest absolute Gasteiger partial charge is 0.338 e. The summed E-state index contributed by atoms with van der Waals surface area (Å²) in [5.41, 5.74) is 2.20. The predicted octanol–water partition coefficient (Wildman–Crippen LogP) is 3.57. The quantitative estimate of drug-likeness (QED) is 0.689. The molecule has 0 spiro atoms. The van der Waals surface area contributed by atoms with Crippen LogP contribution in [0.5, 0.6) is 17.2 Å². The summed E-state index contributed by atoms with van der Waals surface area (Å²) in [7, 11) is 0. The monoisotopic (exact) mass is 424 g/mol. The largest absolute Gasteiger partial charge is 0.491 e. The highest BCUT2D eigenvalue weighted by atomic mass is 16.7. The van der Waals surface area contributed by atoms with Gasteiger partial charge in [-0.3, -0.25) is 0 Å². The topological polar surface area (TPSA) is 95.1 Å². The van der Waals surface area contributed by atoms with E-state index in [4.69, 9.17) is 18.9 Å². The lowest BCUT2D eigenvalue weighted by Gasteiger charge is -2.29. The minimum absolute atomic E-state index is 0.0526. The third-order valence-electron chi connectivity index (χ3n) is 4.89. The highest BCUT2D eigenvalue weighted by Crippen LogP contribution is 2.35. The second-order valence-corrected chi connectivity index (χ2v) is 7.54. The van der Waals surface area contributed by atoms with Crippen LogP contribution in [0.2, 0.25) is 0 Å². The lowest BCUT2D eigenvalue weighted by molar-refractivity contribution is -0.140. The van der Waals surface area contributed by atoms with Crippen molar-refractivity contribution in [3.05, 3.63) is 64.9 Å². The molecule has 2 aliphatic heterocycles. The summed E-state index contributed by atoms with van der Waals surface area (Å²) in [6, 6.07) is 11.6. The number of nitrogens with one attached hydrogen (secondary N) is 2. The normalized spacial score (nSPS) is 17.3. The van der Waals surface area contributed by atoms with Crippen LogP contribution in [0.4, 0.5) is 4.79 Å². The van der Waals surface area contributed by atoms with Crippen molar-refractivity contribution >= 4 is 12.0 Å². The number of amides is 2. The molecule has 0 fully saturated rings. The van der Waals surface area contributed by atoms with Crippen molar-refractivity contribution in [3.63, 3.8) is 0 Å². The molecular formula is C23H24N2O6. The number of allylic oxidation sites excluding steroid dienone is 1. The van der Waals surface area contributed by atoms with Crippen LogP contribution < -0.4 is 24.8 Å². The molecule has 8 nitrogen and oxygen atoms in total. The van der Waals surface area contributed by atoms with Gasteiger partial charge in [0.2, 0.25) is 6.79 Å². The van der Waals surface area contributed by atoms with Gasteiger partial charge in [-0.2, -0.15) is 0 Å². The fourth-order valence-electron chi connectivity index (χ4n) is 3.54. The van der Waals surface area contributed by atoms with Crippen LogP contribution in [0.15, 0.2) is 53.7 Å². The zero-order chi connectivity index (χ0) is 22.0. The zero-order valence-corrected chi connectivity index (χ0v) is 17.6. The Morgan fingerprint density at radius 2 is 1.94 bits per heavy atom. The molecule has 2 amide bonds. The molecule has 0 unspecified atom stereocenters. The first-order valence-electron chi connectivity index (χ1n) is 10.0. The molecular weight excluding hydrogens is 400 g/mol. The number of hydrogen-bond acceptors (Lipinski definition) is 6. The average Bonchev–Trinajstić information content (AvgIpc) is 3.19. The van der Waals surface area contributed by atoms with Crippen molar-refractivity contribution in [2.75, 3.05) is 6.79 Å². The summed E-state index contributed by atoms with van der Waals surface area (Å²) in [4.78, 5) is 25.2. The van der Waals surface area contributed by atoms with Crippen LogP contribution in [0.1, 0.15) is 37.9 Å². The van der Waals surface area contributed by atoms with E-state index in [0.29, 0.717) is 34.1 Å². The molecule has 31 heavy (non-hydrogen) atoms. The SMILES string of the molecule is CC1=C(C(=O)OCc2ccc3c(c2)OCO3)[C@@H](c2ccccc2OC(C)C)NC(=O)N1. The molecule has 2 heterocycles. The highest BCUT2D eigenvalue weighted by molar-refractivity contribution is 5.95. The van der Waals surface area contributed by atoms with E-state index in [1.54, 1.807) is 19.1 Å². The summed E-state index contributed by atoms with van der Waals surface area (Å²) in [6.07, 6.45) is -0.0648. The van der Waals surface area contributed by atoms with Crippen LogP contribution in [0.3, 0.4) is 0 Å². The molecule has 0 saturated heterocycles. The van der Waals surface area contributed by atoms with E-state index in [1.165, 1.54) is 0 Å². The van der Waals surface area contributed by atoms with Crippen molar-refractivity contribution in [2.24, 2.45) is 0 Å². The van der Waals surface area contributed by atoms with Crippen LogP contribution >= 0.6 is 0 Å². The van der Waals surface area contributed by atoms with E-state index in [2.05, 4.69) is 10.6 Å². The molecule has 2 N–H and O–H groups in total. The fraction of sp³-hybridized carbons (Fsp3) is 0.304. The number of para-hydroxylation sites is 1. The minimum Gasteiger partial charge on any atom is -0.491 e. The van der Waals surface area contributed by atoms with Crippen LogP contribution in [-0.2, 0) is 16.1 Å². The molecule has 4 rings (SSSR count). The molecule has 0 radical (unpaired) electrons. The third kappa shape index (κ3) is 4.42. The molecule has 0 aliphatic carbocycles. The van der Waals surface area contributed by atoms with E-state index in [9.17, 15) is 9.59 Å². The Morgan fingerprint density at radius 1 is 1.16 bits per heavy atom. The van der Waals surface area contributed by atoms with E-state index < -0.39 is 18.0 Å². The van der Waals surface area contributed by atoms with Gasteiger partial charge >= 0.3 is 12.0 Å². The maximum atomic E-state index is 13.1. The molecule has 2 aromatic carbocycles. The Hall–Kier alpha value is -3.68. The summed E-state index contributed by atoms with van der Waals surface area (Å²) >= 11 is 0. The molecule has 0 bridgehead atoms. The van der Waals surface area contributed by atoms with Gasteiger partial charge in [0, 0.05) is 11.3 Å². The number of carbonyl (C=O) groups is 2. The van der Waals surface area contributed by atoms with Gasteiger partial charge in [0.25, 0.3) is 0 Å². The van der Waals surface area contributed by atoms with Gasteiger partial charge in [-0.25, -0.2) is 9.59 Å². The van der Waals surface area contributed by atoms with E-state index in [1.807, 2.05) is 44.2 Å². The molecule has 1 atom stereocenters. The Kier molecular flexibility index (Phi) is 5.70. The van der Waals surface area contributed by atoms with Gasteiger partial charge in [-0.1, -0.05) is 24.3 Å². The Labute approximate surface area is 180 Å². The summed E-state index contributed by atoms with van der Waals surface area (Å²) in [5.74, 6) is 1.34. The summed E-state index contributed by atoms with van der Waals surface area (Å²) in [5, 5.41) is 5.47. The number of fused-ring (bicyclic) bond motifs is 1. The van der Waals surface area contributed by atoms with Crippen molar-refractivity contribution in [1.29, 1.82) is 0 Å². The summed E-state index contributed by atoms with van der Waals surface area (Å²) in [6.45, 7) is 5.74. The maximum absolute atomic E-state index is 13.1. The van der Waals surface area contributed by atoms with Crippen molar-refractivity contribution in [2.45, 2.75) is 39.5 Å². The lowest BCUT2D eigenvalue weighted by Crippen LogP contribution is -2.45. The number of rotatable bonds is 6. The zero-order valence-electron chi connectivity index (χ0n) is 17.6. The van der Waals surface area contributed by atoms with Crippen molar-refractivity contribution in [1.82, 2.24) is 10.6 Å². The average molecular weight is 424 g/mol. The minimum atomic E-state index is -0.701. The first kappa shape index (κ1) is 20.6. The first-order chi connectivity index (χ1) is 14.9. The maximum Gasteiger partial charge on any atom is 0.338 e. The Balaban J connectivity index is 1.58. The van der Waals surface area contributed by atoms with Crippen molar-refractivity contribution < 1.29 is 28.5 Å². The predicted molar refractivity (Wildman–Crippen MR) is 112 cm³/mol. The molecule has 0 aromatic heterocycles. The Bertz CT molecular complexity index is 1050. The van der Waals surface area contributed by atoms with E-state index in [-0.39, 0.29) is 19.5 Å². The lowest BCUT2D eigenvalue weighted by atomic mass is 9.94. The molecule has 2 aliphatic rings. The number of hydrogen-bond donors (Lipinski definition) is 2. The molecule has 162 valence electrons. The molecule has 2 aromatic rings. The van der Waals surface area contributed by atoms with Gasteiger partial charge < -0.3 is 29.6 Å². The molecule has 8 heteroatoms. The van der Waals surface area contributed by atoms with Crippen LogP contribution in [0, 0.1) is 0 Å². The number of ether oxygens (including phenoxy) is 4. The molecule has 0 saturated carbocycles. The van der Waals surface area contributed by atoms with Gasteiger partial charge in [0.1, 0.15) is 12.4 Å². The van der Waals surface area contributed by atoms with Crippen molar-refractivity contribution in [3.8, 4) is 17.2 Å². The first-order valence-corrected chi connectivity index (χ1v) is 10.0.